The minimum Gasteiger partial charge on any atom is -0.484 e. The maximum atomic E-state index is 12.0. The molecule has 0 saturated carbocycles. The molecule has 192 valence electrons. The van der Waals surface area contributed by atoms with E-state index in [2.05, 4.69) is 15.6 Å². The predicted octanol–water partition coefficient (Wildman–Crippen LogP) is 4.30. The monoisotopic (exact) mass is 513 g/mol. The Labute approximate surface area is 215 Å². The number of aliphatic hydroxyl groups excluding tert-OH is 1. The second kappa shape index (κ2) is 11.8. The summed E-state index contributed by atoms with van der Waals surface area (Å²) >= 11 is 6.46. The van der Waals surface area contributed by atoms with Crippen LogP contribution in [0.1, 0.15) is 26.5 Å². The number of nitrogens with one attached hydrogen (secondary N) is 2. The molecule has 0 aliphatic rings. The number of nitrogens with two attached hydrogens (primary N) is 1. The maximum absolute atomic E-state index is 12.0. The van der Waals surface area contributed by atoms with Gasteiger partial charge in [-0.3, -0.25) is 4.79 Å². The lowest BCUT2D eigenvalue weighted by Gasteiger charge is -2.20. The molecule has 5 N–H and O–H groups in total. The fourth-order valence-corrected chi connectivity index (χ4v) is 3.66. The minimum atomic E-state index is -0.331. The number of amides is 1. The molecule has 0 fully saturated rings. The van der Waals surface area contributed by atoms with E-state index >= 15 is 0 Å². The molecule has 0 aliphatic carbocycles. The Morgan fingerprint density at radius 1 is 1.17 bits per heavy atom. The zero-order chi connectivity index (χ0) is 26.3. The molecule has 36 heavy (non-hydrogen) atoms. The molecule has 0 aliphatic heterocycles. The highest BCUT2D eigenvalue weighted by molar-refractivity contribution is 6.32. The lowest BCUT2D eigenvalue weighted by atomic mass is 10.1. The number of carbonyl (C=O) groups is 1. The minimum absolute atomic E-state index is 0.0215. The van der Waals surface area contributed by atoms with Crippen molar-refractivity contribution in [2.75, 3.05) is 25.6 Å². The van der Waals surface area contributed by atoms with E-state index in [9.17, 15) is 9.90 Å². The van der Waals surface area contributed by atoms with Crippen LogP contribution in [0.4, 0.5) is 11.4 Å². The Hall–Kier alpha value is -3.69. The molecule has 1 aromatic heterocycles. The number of carbonyl (C=O) groups excluding carboxylic acids is 1. The number of hydrogen-bond donors (Lipinski definition) is 4. The molecular weight excluding hydrogens is 482 g/mol. The summed E-state index contributed by atoms with van der Waals surface area (Å²) in [6, 6.07) is 13.9. The van der Waals surface area contributed by atoms with Crippen LogP contribution in [0.15, 0.2) is 59.7 Å². The van der Waals surface area contributed by atoms with Gasteiger partial charge in [0.1, 0.15) is 28.8 Å². The van der Waals surface area contributed by atoms with E-state index in [4.69, 9.17) is 26.8 Å². The van der Waals surface area contributed by atoms with Crippen molar-refractivity contribution < 1.29 is 19.4 Å². The summed E-state index contributed by atoms with van der Waals surface area (Å²) in [6.07, 6.45) is 1.83. The van der Waals surface area contributed by atoms with Gasteiger partial charge in [0, 0.05) is 31.4 Å². The molecule has 1 amide bonds. The summed E-state index contributed by atoms with van der Waals surface area (Å²) in [5.74, 6) is 1.49. The molecule has 0 atom stereocenters. The molecule has 1 heterocycles. The van der Waals surface area contributed by atoms with Gasteiger partial charge < -0.3 is 35.5 Å². The average molecular weight is 514 g/mol. The van der Waals surface area contributed by atoms with Gasteiger partial charge >= 0.3 is 0 Å². The van der Waals surface area contributed by atoms with Gasteiger partial charge in [-0.1, -0.05) is 17.7 Å². The molecule has 9 nitrogen and oxygen atoms in total. The predicted molar refractivity (Wildman–Crippen MR) is 143 cm³/mol. The van der Waals surface area contributed by atoms with Crippen molar-refractivity contribution in [3.8, 4) is 17.2 Å². The van der Waals surface area contributed by atoms with Gasteiger partial charge in [-0.05, 0) is 57.2 Å². The lowest BCUT2D eigenvalue weighted by molar-refractivity contribution is -0.124. The van der Waals surface area contributed by atoms with Crippen molar-refractivity contribution in [2.45, 2.75) is 32.9 Å². The largest absolute Gasteiger partial charge is 0.484 e. The molecule has 10 heteroatoms. The van der Waals surface area contributed by atoms with Crippen molar-refractivity contribution in [3.05, 3.63) is 65.4 Å². The van der Waals surface area contributed by atoms with Gasteiger partial charge in [-0.15, -0.1) is 0 Å². The van der Waals surface area contributed by atoms with E-state index in [0.29, 0.717) is 40.2 Å². The van der Waals surface area contributed by atoms with E-state index < -0.39 is 0 Å². The van der Waals surface area contributed by atoms with E-state index in [1.165, 1.54) is 0 Å². The molecule has 3 aromatic rings. The number of nitrogens with zero attached hydrogens (tertiary/aromatic N) is 2. The Morgan fingerprint density at radius 3 is 2.58 bits per heavy atom. The summed E-state index contributed by atoms with van der Waals surface area (Å²) in [4.78, 5) is 16.5. The van der Waals surface area contributed by atoms with Crippen molar-refractivity contribution >= 4 is 34.7 Å². The third-order valence-electron chi connectivity index (χ3n) is 4.90. The van der Waals surface area contributed by atoms with Gasteiger partial charge in [0.05, 0.1) is 23.0 Å². The number of anilines is 1. The number of aliphatic imine (C=N–C) groups is 1. The first-order valence-corrected chi connectivity index (χ1v) is 11.8. The second-order valence-electron chi connectivity index (χ2n) is 9.02. The number of amidine groups is 1. The first-order valence-electron chi connectivity index (χ1n) is 11.4. The second-order valence-corrected chi connectivity index (χ2v) is 9.43. The third kappa shape index (κ3) is 7.40. The van der Waals surface area contributed by atoms with Crippen LogP contribution in [0.25, 0.3) is 0 Å². The molecule has 0 spiro atoms. The SMILES string of the molecule is CNc1ccn(CCO)c1C(N)=Nc1ccc(Oc2cccc(OCC(=O)NC(C)(C)C)c2)c(Cl)c1. The van der Waals surface area contributed by atoms with Crippen molar-refractivity contribution in [3.63, 3.8) is 0 Å². The van der Waals surface area contributed by atoms with Crippen molar-refractivity contribution in [1.29, 1.82) is 0 Å². The first-order chi connectivity index (χ1) is 17.1. The topological polar surface area (TPSA) is 123 Å². The highest BCUT2D eigenvalue weighted by Gasteiger charge is 2.15. The van der Waals surface area contributed by atoms with Crippen LogP contribution in [0.2, 0.25) is 5.02 Å². The summed E-state index contributed by atoms with van der Waals surface area (Å²) < 4.78 is 13.3. The van der Waals surface area contributed by atoms with Crippen LogP contribution < -0.4 is 25.8 Å². The van der Waals surface area contributed by atoms with Crippen molar-refractivity contribution in [2.24, 2.45) is 10.7 Å². The summed E-state index contributed by atoms with van der Waals surface area (Å²) in [7, 11) is 1.79. The van der Waals surface area contributed by atoms with Crippen LogP contribution in [0.5, 0.6) is 17.2 Å². The van der Waals surface area contributed by atoms with E-state index in [-0.39, 0.29) is 30.5 Å². The molecular formula is C26H32ClN5O4. The average Bonchev–Trinajstić information content (AvgIpc) is 3.22. The van der Waals surface area contributed by atoms with Gasteiger partial charge in [0.2, 0.25) is 0 Å². The summed E-state index contributed by atoms with van der Waals surface area (Å²) in [5.41, 5.74) is 7.97. The summed E-state index contributed by atoms with van der Waals surface area (Å²) in [6.45, 7) is 5.98. The fourth-order valence-electron chi connectivity index (χ4n) is 3.45. The van der Waals surface area contributed by atoms with Crippen LogP contribution in [0.3, 0.4) is 0 Å². The Kier molecular flexibility index (Phi) is 8.84. The number of rotatable bonds is 10. The number of benzene rings is 2. The Balaban J connectivity index is 1.71. The van der Waals surface area contributed by atoms with Crippen LogP contribution in [-0.4, -0.2) is 47.2 Å². The number of aliphatic hydroxyl groups is 1. The summed E-state index contributed by atoms with van der Waals surface area (Å²) in [5, 5.41) is 15.6. The van der Waals surface area contributed by atoms with E-state index in [0.717, 1.165) is 5.69 Å². The highest BCUT2D eigenvalue weighted by Crippen LogP contribution is 2.34. The zero-order valence-corrected chi connectivity index (χ0v) is 21.6. The number of aromatic nitrogens is 1. The number of halogens is 1. The molecule has 3 rings (SSSR count). The standard InChI is InChI=1S/C26H32ClN5O4/c1-26(2,3)31-23(34)16-35-18-6-5-7-19(15-18)36-22-9-8-17(14-20(22)27)30-25(28)24-21(29-4)10-11-32(24)12-13-33/h5-11,14-15,29,33H,12-13,16H2,1-4H3,(H2,28,30)(H,31,34). The number of ether oxygens (including phenoxy) is 2. The molecule has 2 aromatic carbocycles. The highest BCUT2D eigenvalue weighted by atomic mass is 35.5. The first kappa shape index (κ1) is 26.9. The van der Waals surface area contributed by atoms with Gasteiger partial charge in [-0.25, -0.2) is 4.99 Å². The quantitative estimate of drug-likeness (QED) is 0.237. The van der Waals surface area contributed by atoms with Gasteiger partial charge in [-0.2, -0.15) is 0 Å². The van der Waals surface area contributed by atoms with Gasteiger partial charge in [0.25, 0.3) is 5.91 Å². The maximum Gasteiger partial charge on any atom is 0.258 e. The van der Waals surface area contributed by atoms with Crippen LogP contribution in [0, 0.1) is 0 Å². The molecule has 0 saturated heterocycles. The molecule has 0 radical (unpaired) electrons. The van der Waals surface area contributed by atoms with E-state index in [1.807, 2.05) is 37.6 Å². The molecule has 0 bridgehead atoms. The Morgan fingerprint density at radius 2 is 1.92 bits per heavy atom. The Bertz CT molecular complexity index is 1230. The smallest absolute Gasteiger partial charge is 0.258 e. The van der Waals surface area contributed by atoms with E-state index in [1.54, 1.807) is 49.5 Å². The van der Waals surface area contributed by atoms with Crippen molar-refractivity contribution in [1.82, 2.24) is 9.88 Å². The number of hydrogen-bond acceptors (Lipinski definition) is 6. The fraction of sp³-hybridized carbons (Fsp3) is 0.308. The molecule has 0 unspecified atom stereocenters. The van der Waals surface area contributed by atoms with Crippen LogP contribution >= 0.6 is 11.6 Å². The lowest BCUT2D eigenvalue weighted by Crippen LogP contribution is -2.43. The zero-order valence-electron chi connectivity index (χ0n) is 20.8. The normalized spacial score (nSPS) is 11.8. The third-order valence-corrected chi connectivity index (χ3v) is 5.19. The van der Waals surface area contributed by atoms with Crippen LogP contribution in [-0.2, 0) is 11.3 Å². The van der Waals surface area contributed by atoms with Gasteiger partial charge in [0.15, 0.2) is 6.61 Å².